The molecule has 1 amide bonds. The van der Waals surface area contributed by atoms with Crippen molar-refractivity contribution in [2.24, 2.45) is 4.99 Å². The zero-order chi connectivity index (χ0) is 22.1. The summed E-state index contributed by atoms with van der Waals surface area (Å²) in [4.78, 5) is 16.3. The summed E-state index contributed by atoms with van der Waals surface area (Å²) in [5.74, 6) is 0.456. The second kappa shape index (κ2) is 13.2. The van der Waals surface area contributed by atoms with Crippen molar-refractivity contribution in [3.05, 3.63) is 65.0 Å². The molecule has 2 aromatic rings. The highest BCUT2D eigenvalue weighted by Crippen LogP contribution is 2.23. The maximum absolute atomic E-state index is 13.7. The fourth-order valence-corrected chi connectivity index (χ4v) is 3.20. The number of ether oxygens (including phenoxy) is 2. The molecule has 1 aliphatic rings. The summed E-state index contributed by atoms with van der Waals surface area (Å²) in [6.07, 6.45) is 0.971. The van der Waals surface area contributed by atoms with Gasteiger partial charge in [-0.05, 0) is 30.7 Å². The van der Waals surface area contributed by atoms with Crippen LogP contribution in [0.2, 0.25) is 0 Å². The highest BCUT2D eigenvalue weighted by atomic mass is 127. The Balaban J connectivity index is 0.00000363. The lowest BCUT2D eigenvalue weighted by Gasteiger charge is -2.18. The van der Waals surface area contributed by atoms with Crippen LogP contribution in [0.25, 0.3) is 0 Å². The number of hydrogen-bond acceptors (Lipinski definition) is 4. The Morgan fingerprint density at radius 2 is 1.97 bits per heavy atom. The fraction of sp³-hybridized carbons (Fsp3) is 0.391. The van der Waals surface area contributed by atoms with Crippen molar-refractivity contribution < 1.29 is 18.7 Å². The number of aryl methyl sites for hydroxylation is 1. The topological polar surface area (TPSA) is 84.0 Å². The van der Waals surface area contributed by atoms with E-state index in [1.807, 2.05) is 25.1 Å². The largest absolute Gasteiger partial charge is 0.488 e. The number of carbonyl (C=O) groups excluding carboxylic acids is 1. The van der Waals surface area contributed by atoms with Gasteiger partial charge in [-0.3, -0.25) is 9.79 Å². The molecule has 0 bridgehead atoms. The Bertz CT molecular complexity index is 920. The summed E-state index contributed by atoms with van der Waals surface area (Å²) in [7, 11) is 1.68. The van der Waals surface area contributed by atoms with E-state index < -0.39 is 11.7 Å². The summed E-state index contributed by atoms with van der Waals surface area (Å²) in [5.41, 5.74) is 2.18. The van der Waals surface area contributed by atoms with Crippen LogP contribution >= 0.6 is 24.0 Å². The van der Waals surface area contributed by atoms with Crippen molar-refractivity contribution >= 4 is 35.8 Å². The van der Waals surface area contributed by atoms with Gasteiger partial charge in [-0.25, -0.2) is 4.39 Å². The number of nitrogens with zero attached hydrogens (tertiary/aromatic N) is 1. The van der Waals surface area contributed by atoms with Crippen LogP contribution in [-0.4, -0.2) is 51.3 Å². The molecule has 3 N–H and O–H groups in total. The SMILES string of the molecule is CN=C(NCCNC(=O)c1ccccc1F)NCc1ccc(C)cc1OC1CCOC1.I. The predicted octanol–water partition coefficient (Wildman–Crippen LogP) is 3.01. The van der Waals surface area contributed by atoms with Crippen LogP contribution in [0, 0.1) is 12.7 Å². The molecule has 1 aliphatic heterocycles. The second-order valence-corrected chi connectivity index (χ2v) is 7.30. The summed E-state index contributed by atoms with van der Waals surface area (Å²) in [6, 6.07) is 12.0. The molecule has 0 saturated carbocycles. The van der Waals surface area contributed by atoms with Crippen LogP contribution in [0.1, 0.15) is 27.9 Å². The Kier molecular flexibility index (Phi) is 10.7. The zero-order valence-corrected chi connectivity index (χ0v) is 20.6. The van der Waals surface area contributed by atoms with Gasteiger partial charge in [-0.1, -0.05) is 24.3 Å². The van der Waals surface area contributed by atoms with E-state index in [0.717, 1.165) is 29.9 Å². The standard InChI is InChI=1S/C23H29FN4O3.HI/c1-16-7-8-17(21(13-16)31-18-9-12-30-15-18)14-28-23(25-2)27-11-10-26-22(29)19-5-3-4-6-20(19)24;/h3-8,13,18H,9-12,14-15H2,1-2H3,(H,26,29)(H2,25,27,28);1H. The molecule has 1 fully saturated rings. The molecule has 3 rings (SSSR count). The molecule has 0 spiro atoms. The average molecular weight is 556 g/mol. The lowest BCUT2D eigenvalue weighted by molar-refractivity contribution is 0.0950. The molecule has 1 unspecified atom stereocenters. The monoisotopic (exact) mass is 556 g/mol. The maximum atomic E-state index is 13.7. The Hall–Kier alpha value is -2.40. The Morgan fingerprint density at radius 3 is 2.69 bits per heavy atom. The molecule has 2 aromatic carbocycles. The second-order valence-electron chi connectivity index (χ2n) is 7.30. The zero-order valence-electron chi connectivity index (χ0n) is 18.3. The number of aliphatic imine (C=N–C) groups is 1. The lowest BCUT2D eigenvalue weighted by atomic mass is 10.1. The first-order chi connectivity index (χ1) is 15.1. The number of hydrogen-bond donors (Lipinski definition) is 3. The van der Waals surface area contributed by atoms with Crippen molar-refractivity contribution in [1.29, 1.82) is 0 Å². The summed E-state index contributed by atoms with van der Waals surface area (Å²) in [6.45, 7) is 4.68. The molecule has 1 saturated heterocycles. The number of amides is 1. The molecule has 32 heavy (non-hydrogen) atoms. The first kappa shape index (κ1) is 25.9. The van der Waals surface area contributed by atoms with E-state index in [0.29, 0.717) is 32.2 Å². The van der Waals surface area contributed by atoms with Gasteiger partial charge in [-0.15, -0.1) is 24.0 Å². The lowest BCUT2D eigenvalue weighted by Crippen LogP contribution is -2.41. The maximum Gasteiger partial charge on any atom is 0.254 e. The highest BCUT2D eigenvalue weighted by Gasteiger charge is 2.19. The van der Waals surface area contributed by atoms with Gasteiger partial charge < -0.3 is 25.4 Å². The van der Waals surface area contributed by atoms with Crippen molar-refractivity contribution in [3.63, 3.8) is 0 Å². The summed E-state index contributed by atoms with van der Waals surface area (Å²) >= 11 is 0. The van der Waals surface area contributed by atoms with Gasteiger partial charge in [-0.2, -0.15) is 0 Å². The van der Waals surface area contributed by atoms with Crippen molar-refractivity contribution in [1.82, 2.24) is 16.0 Å². The van der Waals surface area contributed by atoms with Crippen molar-refractivity contribution in [3.8, 4) is 5.75 Å². The van der Waals surface area contributed by atoms with Crippen LogP contribution in [0.5, 0.6) is 5.75 Å². The highest BCUT2D eigenvalue weighted by molar-refractivity contribution is 14.0. The quantitative estimate of drug-likeness (QED) is 0.202. The Labute approximate surface area is 205 Å². The molecular formula is C23H30FIN4O3. The molecular weight excluding hydrogens is 526 g/mol. The minimum absolute atomic E-state index is 0. The van der Waals surface area contributed by atoms with Crippen LogP contribution in [0.3, 0.4) is 0 Å². The van der Waals surface area contributed by atoms with E-state index in [1.165, 1.54) is 12.1 Å². The minimum atomic E-state index is -0.536. The number of halogens is 2. The van der Waals surface area contributed by atoms with Gasteiger partial charge in [0.2, 0.25) is 0 Å². The van der Waals surface area contributed by atoms with E-state index in [4.69, 9.17) is 9.47 Å². The molecule has 0 radical (unpaired) electrons. The number of carbonyl (C=O) groups is 1. The number of nitrogens with one attached hydrogen (secondary N) is 3. The van der Waals surface area contributed by atoms with Crippen molar-refractivity contribution in [2.75, 3.05) is 33.4 Å². The van der Waals surface area contributed by atoms with Crippen LogP contribution in [0.4, 0.5) is 4.39 Å². The van der Waals surface area contributed by atoms with Crippen LogP contribution in [-0.2, 0) is 11.3 Å². The number of guanidine groups is 1. The van der Waals surface area contributed by atoms with Gasteiger partial charge >= 0.3 is 0 Å². The average Bonchev–Trinajstić information content (AvgIpc) is 3.27. The predicted molar refractivity (Wildman–Crippen MR) is 133 cm³/mol. The first-order valence-corrected chi connectivity index (χ1v) is 10.4. The third-order valence-corrected chi connectivity index (χ3v) is 4.90. The molecule has 0 aliphatic carbocycles. The van der Waals surface area contributed by atoms with Crippen LogP contribution in [0.15, 0.2) is 47.5 Å². The molecule has 7 nitrogen and oxygen atoms in total. The normalized spacial score (nSPS) is 15.6. The van der Waals surface area contributed by atoms with E-state index in [-0.39, 0.29) is 35.6 Å². The number of benzene rings is 2. The van der Waals surface area contributed by atoms with Crippen LogP contribution < -0.4 is 20.7 Å². The van der Waals surface area contributed by atoms with Gasteiger partial charge in [0.05, 0.1) is 18.8 Å². The molecule has 1 heterocycles. The van der Waals surface area contributed by atoms with Gasteiger partial charge in [0.25, 0.3) is 5.91 Å². The molecule has 1 atom stereocenters. The van der Waals surface area contributed by atoms with Gasteiger partial charge in [0.15, 0.2) is 5.96 Å². The molecule has 174 valence electrons. The number of rotatable bonds is 8. The summed E-state index contributed by atoms with van der Waals surface area (Å²) in [5, 5.41) is 9.08. The fourth-order valence-electron chi connectivity index (χ4n) is 3.20. The minimum Gasteiger partial charge on any atom is -0.488 e. The Morgan fingerprint density at radius 1 is 1.19 bits per heavy atom. The van der Waals surface area contributed by atoms with E-state index in [1.54, 1.807) is 19.2 Å². The third-order valence-electron chi connectivity index (χ3n) is 4.90. The smallest absolute Gasteiger partial charge is 0.254 e. The van der Waals surface area contributed by atoms with E-state index >= 15 is 0 Å². The van der Waals surface area contributed by atoms with E-state index in [9.17, 15) is 9.18 Å². The third kappa shape index (κ3) is 7.63. The van der Waals surface area contributed by atoms with E-state index in [2.05, 4.69) is 20.9 Å². The summed E-state index contributed by atoms with van der Waals surface area (Å²) < 4.78 is 25.2. The van der Waals surface area contributed by atoms with Gasteiger partial charge in [0, 0.05) is 38.7 Å². The molecule has 9 heteroatoms. The van der Waals surface area contributed by atoms with Crippen molar-refractivity contribution in [2.45, 2.75) is 26.0 Å². The molecule has 0 aromatic heterocycles. The first-order valence-electron chi connectivity index (χ1n) is 10.4. The van der Waals surface area contributed by atoms with Gasteiger partial charge in [0.1, 0.15) is 17.7 Å².